The highest BCUT2D eigenvalue weighted by Gasteiger charge is 2.41. The summed E-state index contributed by atoms with van der Waals surface area (Å²) in [6, 6.07) is 5.31. The van der Waals surface area contributed by atoms with Crippen LogP contribution in [-0.2, 0) is 16.0 Å². The Hall–Kier alpha value is -3.07. The fourth-order valence-corrected chi connectivity index (χ4v) is 2.89. The van der Waals surface area contributed by atoms with Crippen molar-refractivity contribution >= 4 is 23.3 Å². The van der Waals surface area contributed by atoms with Crippen LogP contribution in [0.5, 0.6) is 0 Å². The second kappa shape index (κ2) is 6.81. The number of carbonyl (C=O) groups is 1. The van der Waals surface area contributed by atoms with E-state index in [4.69, 9.17) is 4.74 Å². The smallest absolute Gasteiger partial charge is 0.337 e. The number of aromatic nitrogens is 2. The Morgan fingerprint density at radius 2 is 2.20 bits per heavy atom. The molecule has 0 fully saturated rings. The SMILES string of the molecule is CCOC(=O)C(O)C1Cc2cc([N+](=O)[O-])ccc2N1c1ncccn1. The second-order valence-electron chi connectivity index (χ2n) is 5.46. The van der Waals surface area contributed by atoms with Crippen LogP contribution in [0.3, 0.4) is 0 Å². The number of nitro benzene ring substituents is 1. The van der Waals surface area contributed by atoms with E-state index in [0.29, 0.717) is 17.2 Å². The number of ether oxygens (including phenoxy) is 1. The molecule has 0 aliphatic carbocycles. The summed E-state index contributed by atoms with van der Waals surface area (Å²) in [4.78, 5) is 32.5. The molecular weight excluding hydrogens is 328 g/mol. The number of aliphatic hydroxyl groups excluding tert-OH is 1. The lowest BCUT2D eigenvalue weighted by Gasteiger charge is -2.27. The molecule has 0 radical (unpaired) electrons. The Kier molecular flexibility index (Phi) is 4.57. The number of hydrogen-bond donors (Lipinski definition) is 1. The van der Waals surface area contributed by atoms with Gasteiger partial charge in [0.05, 0.1) is 17.6 Å². The van der Waals surface area contributed by atoms with Gasteiger partial charge in [0.2, 0.25) is 5.95 Å². The van der Waals surface area contributed by atoms with Crippen LogP contribution < -0.4 is 4.90 Å². The van der Waals surface area contributed by atoms with Crippen molar-refractivity contribution in [2.75, 3.05) is 11.5 Å². The maximum Gasteiger partial charge on any atom is 0.337 e. The minimum atomic E-state index is -1.43. The number of rotatable bonds is 5. The van der Waals surface area contributed by atoms with Crippen LogP contribution in [0.2, 0.25) is 0 Å². The van der Waals surface area contributed by atoms with Gasteiger partial charge in [-0.05, 0) is 31.0 Å². The average molecular weight is 344 g/mol. The summed E-state index contributed by atoms with van der Waals surface area (Å²) < 4.78 is 4.90. The lowest BCUT2D eigenvalue weighted by molar-refractivity contribution is -0.384. The predicted octanol–water partition coefficient (Wildman–Crippen LogP) is 1.37. The minimum Gasteiger partial charge on any atom is -0.464 e. The predicted molar refractivity (Wildman–Crippen MR) is 87.4 cm³/mol. The number of anilines is 2. The van der Waals surface area contributed by atoms with Gasteiger partial charge in [0.15, 0.2) is 6.10 Å². The van der Waals surface area contributed by atoms with Gasteiger partial charge in [-0.1, -0.05) is 0 Å². The van der Waals surface area contributed by atoms with Gasteiger partial charge in [0.25, 0.3) is 5.69 Å². The van der Waals surface area contributed by atoms with E-state index < -0.39 is 23.0 Å². The summed E-state index contributed by atoms with van der Waals surface area (Å²) >= 11 is 0. The van der Waals surface area contributed by atoms with Crippen molar-refractivity contribution in [3.8, 4) is 0 Å². The number of fused-ring (bicyclic) bond motifs is 1. The van der Waals surface area contributed by atoms with Crippen LogP contribution in [-0.4, -0.2) is 44.7 Å². The zero-order valence-corrected chi connectivity index (χ0v) is 13.4. The largest absolute Gasteiger partial charge is 0.464 e. The lowest BCUT2D eigenvalue weighted by atomic mass is 10.1. The van der Waals surface area contributed by atoms with Gasteiger partial charge in [0, 0.05) is 30.2 Å². The zero-order chi connectivity index (χ0) is 18.0. The van der Waals surface area contributed by atoms with E-state index in [2.05, 4.69) is 9.97 Å². The van der Waals surface area contributed by atoms with Crippen molar-refractivity contribution in [1.82, 2.24) is 9.97 Å². The van der Waals surface area contributed by atoms with Gasteiger partial charge in [-0.2, -0.15) is 0 Å². The van der Waals surface area contributed by atoms with E-state index in [0.717, 1.165) is 0 Å². The molecule has 0 spiro atoms. The fourth-order valence-electron chi connectivity index (χ4n) is 2.89. The van der Waals surface area contributed by atoms with Gasteiger partial charge >= 0.3 is 5.97 Å². The maximum atomic E-state index is 12.0. The van der Waals surface area contributed by atoms with E-state index in [1.807, 2.05) is 0 Å². The molecule has 2 aromatic rings. The molecule has 2 unspecified atom stereocenters. The number of hydrogen-bond acceptors (Lipinski definition) is 8. The van der Waals surface area contributed by atoms with Crippen LogP contribution >= 0.6 is 0 Å². The van der Waals surface area contributed by atoms with Gasteiger partial charge in [-0.15, -0.1) is 0 Å². The van der Waals surface area contributed by atoms with Crippen molar-refractivity contribution in [2.45, 2.75) is 25.5 Å². The molecule has 2 atom stereocenters. The lowest BCUT2D eigenvalue weighted by Crippen LogP contribution is -2.44. The van der Waals surface area contributed by atoms with Crippen molar-refractivity contribution in [1.29, 1.82) is 0 Å². The summed E-state index contributed by atoms with van der Waals surface area (Å²) in [6.07, 6.45) is 1.88. The third kappa shape index (κ3) is 3.13. The third-order valence-corrected chi connectivity index (χ3v) is 3.95. The van der Waals surface area contributed by atoms with E-state index in [-0.39, 0.29) is 18.7 Å². The van der Waals surface area contributed by atoms with Crippen LogP contribution in [0.4, 0.5) is 17.3 Å². The number of nitro groups is 1. The molecule has 1 aliphatic heterocycles. The molecular formula is C16H16N4O5. The molecule has 1 aromatic heterocycles. The molecule has 0 amide bonds. The molecule has 9 nitrogen and oxygen atoms in total. The van der Waals surface area contributed by atoms with E-state index in [1.165, 1.54) is 12.1 Å². The quantitative estimate of drug-likeness (QED) is 0.491. The van der Waals surface area contributed by atoms with Crippen molar-refractivity contribution in [3.05, 3.63) is 52.3 Å². The highest BCUT2D eigenvalue weighted by Crippen LogP contribution is 2.39. The molecule has 25 heavy (non-hydrogen) atoms. The molecule has 9 heteroatoms. The average Bonchev–Trinajstić information content (AvgIpc) is 3.00. The maximum absolute atomic E-state index is 12.0. The Balaban J connectivity index is 2.03. The molecule has 1 aliphatic rings. The van der Waals surface area contributed by atoms with Crippen LogP contribution in [0.1, 0.15) is 12.5 Å². The van der Waals surface area contributed by atoms with E-state index in [9.17, 15) is 20.0 Å². The normalized spacial score (nSPS) is 17.0. The Morgan fingerprint density at radius 1 is 1.48 bits per heavy atom. The number of carbonyl (C=O) groups excluding carboxylic acids is 1. The Morgan fingerprint density at radius 3 is 2.84 bits per heavy atom. The standard InChI is InChI=1S/C16H16N4O5/c1-2-25-15(22)14(21)13-9-10-8-11(20(23)24)4-5-12(10)19(13)16-17-6-3-7-18-16/h3-8,13-14,21H,2,9H2,1H3. The van der Waals surface area contributed by atoms with Gasteiger partial charge in [0.1, 0.15) is 0 Å². The van der Waals surface area contributed by atoms with E-state index in [1.54, 1.807) is 36.4 Å². The van der Waals surface area contributed by atoms with Gasteiger partial charge < -0.3 is 14.7 Å². The monoisotopic (exact) mass is 344 g/mol. The molecule has 0 bridgehead atoms. The summed E-state index contributed by atoms with van der Waals surface area (Å²) in [5, 5.41) is 21.4. The highest BCUT2D eigenvalue weighted by atomic mass is 16.6. The Labute approximate surface area is 143 Å². The second-order valence-corrected chi connectivity index (χ2v) is 5.46. The van der Waals surface area contributed by atoms with E-state index >= 15 is 0 Å². The molecule has 0 saturated heterocycles. The number of benzene rings is 1. The van der Waals surface area contributed by atoms with Gasteiger partial charge in [-0.25, -0.2) is 14.8 Å². The minimum absolute atomic E-state index is 0.0565. The molecule has 1 aromatic carbocycles. The number of aliphatic hydroxyl groups is 1. The Bertz CT molecular complexity index is 798. The molecule has 0 saturated carbocycles. The first-order valence-corrected chi connectivity index (χ1v) is 7.71. The fraction of sp³-hybridized carbons (Fsp3) is 0.312. The molecule has 3 rings (SSSR count). The van der Waals surface area contributed by atoms with Crippen molar-refractivity contribution in [3.63, 3.8) is 0 Å². The number of nitrogens with zero attached hydrogens (tertiary/aromatic N) is 4. The number of esters is 1. The third-order valence-electron chi connectivity index (χ3n) is 3.95. The zero-order valence-electron chi connectivity index (χ0n) is 13.4. The summed E-state index contributed by atoms with van der Waals surface area (Å²) in [5.74, 6) is -0.459. The summed E-state index contributed by atoms with van der Waals surface area (Å²) in [5.41, 5.74) is 1.19. The summed E-state index contributed by atoms with van der Waals surface area (Å²) in [7, 11) is 0. The first-order valence-electron chi connectivity index (χ1n) is 7.71. The van der Waals surface area contributed by atoms with Gasteiger partial charge in [-0.3, -0.25) is 10.1 Å². The van der Waals surface area contributed by atoms with Crippen LogP contribution in [0.15, 0.2) is 36.7 Å². The first-order chi connectivity index (χ1) is 12.0. The highest BCUT2D eigenvalue weighted by molar-refractivity contribution is 5.79. The topological polar surface area (TPSA) is 119 Å². The molecule has 2 heterocycles. The van der Waals surface area contributed by atoms with Crippen molar-refractivity contribution < 1.29 is 19.6 Å². The first kappa shape index (κ1) is 16.8. The molecule has 1 N–H and O–H groups in total. The summed E-state index contributed by atoms with van der Waals surface area (Å²) in [6.45, 7) is 1.79. The van der Waals surface area contributed by atoms with Crippen molar-refractivity contribution in [2.24, 2.45) is 0 Å². The molecule has 130 valence electrons. The number of non-ortho nitro benzene ring substituents is 1. The van der Waals surface area contributed by atoms with Crippen LogP contribution in [0, 0.1) is 10.1 Å². The van der Waals surface area contributed by atoms with Crippen LogP contribution in [0.25, 0.3) is 0 Å².